The molecule has 1 saturated carbocycles. The van der Waals surface area contributed by atoms with Crippen LogP contribution in [0, 0.1) is 11.8 Å². The molecule has 2 amide bonds. The van der Waals surface area contributed by atoms with Crippen LogP contribution >= 0.6 is 0 Å². The Morgan fingerprint density at radius 1 is 1.36 bits per heavy atom. The van der Waals surface area contributed by atoms with E-state index in [2.05, 4.69) is 15.1 Å². The molecule has 1 aromatic heterocycles. The summed E-state index contributed by atoms with van der Waals surface area (Å²) >= 11 is 0. The number of hydrogen-bond acceptors (Lipinski definition) is 7. The Kier molecular flexibility index (Phi) is 6.80. The number of hydroxylamine groups is 2. The smallest absolute Gasteiger partial charge is 0.248 e. The molecule has 2 heterocycles. The normalized spacial score (nSPS) is 20.3. The summed E-state index contributed by atoms with van der Waals surface area (Å²) in [6, 6.07) is 0.980. The predicted octanol–water partition coefficient (Wildman–Crippen LogP) is 1.22. The van der Waals surface area contributed by atoms with Gasteiger partial charge in [-0.25, -0.2) is 20.0 Å². The Bertz CT molecular complexity index is 720. The molecule has 1 aromatic rings. The van der Waals surface area contributed by atoms with Gasteiger partial charge in [0.2, 0.25) is 12.3 Å². The average Bonchev–Trinajstić information content (AvgIpc) is 3.39. The largest absolute Gasteiger partial charge is 0.297 e. The van der Waals surface area contributed by atoms with Gasteiger partial charge in [-0.05, 0) is 18.4 Å². The van der Waals surface area contributed by atoms with Crippen LogP contribution in [0.5, 0.6) is 0 Å². The van der Waals surface area contributed by atoms with E-state index in [0.717, 1.165) is 25.7 Å². The molecule has 2 aliphatic rings. The van der Waals surface area contributed by atoms with Crippen molar-refractivity contribution in [1.82, 2.24) is 20.0 Å². The van der Waals surface area contributed by atoms with E-state index in [0.29, 0.717) is 35.9 Å². The van der Waals surface area contributed by atoms with Crippen molar-refractivity contribution in [3.8, 4) is 0 Å². The van der Waals surface area contributed by atoms with Crippen LogP contribution in [0.15, 0.2) is 23.7 Å². The minimum atomic E-state index is -0.683. The molecule has 0 bridgehead atoms. The first-order valence-corrected chi connectivity index (χ1v) is 9.62. The third kappa shape index (κ3) is 4.98. The van der Waals surface area contributed by atoms with Crippen molar-refractivity contribution in [3.63, 3.8) is 0 Å². The van der Waals surface area contributed by atoms with Gasteiger partial charge in [-0.2, -0.15) is 5.10 Å². The van der Waals surface area contributed by atoms with Gasteiger partial charge in [0.25, 0.3) is 0 Å². The number of carbonyl (C=O) groups excluding carboxylic acids is 3. The molecule has 28 heavy (non-hydrogen) atoms. The van der Waals surface area contributed by atoms with Gasteiger partial charge in [0.05, 0.1) is 24.6 Å². The van der Waals surface area contributed by atoms with Gasteiger partial charge in [-0.3, -0.25) is 19.6 Å². The molecule has 1 N–H and O–H groups in total. The molecule has 0 aromatic carbocycles. The number of nitrogens with zero attached hydrogens (tertiary/aromatic N) is 5. The topological polar surface area (TPSA) is 116 Å². The zero-order valence-electron chi connectivity index (χ0n) is 15.7. The lowest BCUT2D eigenvalue weighted by Crippen LogP contribution is -2.45. The van der Waals surface area contributed by atoms with Crippen LogP contribution in [-0.2, 0) is 20.8 Å². The summed E-state index contributed by atoms with van der Waals surface area (Å²) in [6.07, 6.45) is 10.1. The van der Waals surface area contributed by atoms with Crippen molar-refractivity contribution in [2.75, 3.05) is 6.54 Å². The van der Waals surface area contributed by atoms with Crippen LogP contribution < -0.4 is 0 Å². The molecular weight excluding hydrogens is 362 g/mol. The Balaban J connectivity index is 1.69. The molecular formula is C19H25N5O4. The zero-order valence-corrected chi connectivity index (χ0v) is 15.7. The van der Waals surface area contributed by atoms with Crippen LogP contribution in [0.1, 0.15) is 44.2 Å². The van der Waals surface area contributed by atoms with E-state index in [1.165, 1.54) is 11.3 Å². The number of aromatic nitrogens is 2. The van der Waals surface area contributed by atoms with Gasteiger partial charge < -0.3 is 0 Å². The summed E-state index contributed by atoms with van der Waals surface area (Å²) in [4.78, 5) is 44.6. The molecule has 0 spiro atoms. The lowest BCUT2D eigenvalue weighted by atomic mass is 9.91. The molecule has 150 valence electrons. The highest BCUT2D eigenvalue weighted by Gasteiger charge is 2.37. The van der Waals surface area contributed by atoms with Crippen LogP contribution in [-0.4, -0.2) is 62.1 Å². The summed E-state index contributed by atoms with van der Waals surface area (Å²) in [5.41, 5.74) is 0.587. The Morgan fingerprint density at radius 2 is 2.14 bits per heavy atom. The second-order valence-corrected chi connectivity index (χ2v) is 7.39. The second-order valence-electron chi connectivity index (χ2n) is 7.39. The number of carbonyl (C=O) groups is 3. The average molecular weight is 387 g/mol. The second kappa shape index (κ2) is 9.50. The van der Waals surface area contributed by atoms with E-state index in [-0.39, 0.29) is 24.7 Å². The fourth-order valence-corrected chi connectivity index (χ4v) is 3.97. The van der Waals surface area contributed by atoms with Crippen molar-refractivity contribution in [2.45, 2.75) is 51.0 Å². The molecule has 9 nitrogen and oxygen atoms in total. The summed E-state index contributed by atoms with van der Waals surface area (Å²) in [7, 11) is 0. The molecule has 1 aliphatic heterocycles. The maximum atomic E-state index is 13.1. The Morgan fingerprint density at radius 3 is 2.82 bits per heavy atom. The monoisotopic (exact) mass is 387 g/mol. The van der Waals surface area contributed by atoms with Gasteiger partial charge >= 0.3 is 0 Å². The first-order chi connectivity index (χ1) is 13.6. The fourth-order valence-electron chi connectivity index (χ4n) is 3.97. The summed E-state index contributed by atoms with van der Waals surface area (Å²) < 4.78 is 0. The fraction of sp³-hybridized carbons (Fsp3) is 0.579. The third-order valence-electron chi connectivity index (χ3n) is 5.40. The van der Waals surface area contributed by atoms with Crippen LogP contribution in [0.2, 0.25) is 0 Å². The summed E-state index contributed by atoms with van der Waals surface area (Å²) in [5.74, 6) is -0.693. The highest BCUT2D eigenvalue weighted by Crippen LogP contribution is 2.32. The van der Waals surface area contributed by atoms with Crippen LogP contribution in [0.25, 0.3) is 0 Å². The molecule has 0 unspecified atom stereocenters. The number of rotatable bonds is 9. The maximum Gasteiger partial charge on any atom is 0.248 e. The summed E-state index contributed by atoms with van der Waals surface area (Å²) in [6.45, 7) is -0.0995. The zero-order chi connectivity index (χ0) is 19.9. The van der Waals surface area contributed by atoms with E-state index in [1.54, 1.807) is 18.5 Å². The van der Waals surface area contributed by atoms with Crippen molar-refractivity contribution in [2.24, 2.45) is 16.9 Å². The Labute approximate surface area is 163 Å². The molecule has 9 heteroatoms. The van der Waals surface area contributed by atoms with Gasteiger partial charge in [-0.1, -0.05) is 25.7 Å². The van der Waals surface area contributed by atoms with Crippen molar-refractivity contribution in [3.05, 3.63) is 24.3 Å². The van der Waals surface area contributed by atoms with E-state index < -0.39 is 12.0 Å². The quantitative estimate of drug-likeness (QED) is 0.387. The summed E-state index contributed by atoms with van der Waals surface area (Å²) in [5, 5.41) is 15.5. The van der Waals surface area contributed by atoms with Crippen molar-refractivity contribution in [1.29, 1.82) is 0 Å². The SMILES string of the molecule is O=CN(O)C[C@@H](CC1CCCC1)C(=O)N1N=CC[C@H]1C(=O)Cc1ccncn1. The van der Waals surface area contributed by atoms with Crippen molar-refractivity contribution < 1.29 is 19.6 Å². The maximum absolute atomic E-state index is 13.1. The van der Waals surface area contributed by atoms with Crippen LogP contribution in [0.4, 0.5) is 0 Å². The molecule has 1 aliphatic carbocycles. The van der Waals surface area contributed by atoms with E-state index in [4.69, 9.17) is 0 Å². The standard InChI is InChI=1S/C19H25N5O4/c25-13-23(28)11-15(9-14-3-1-2-4-14)19(27)24-17(6-8-22-24)18(26)10-16-5-7-20-12-21-16/h5,7-8,12-15,17,28H,1-4,6,9-11H2/t15-,17+/m1/s1. The highest BCUT2D eigenvalue weighted by atomic mass is 16.5. The molecule has 0 saturated heterocycles. The van der Waals surface area contributed by atoms with Gasteiger partial charge in [0.15, 0.2) is 5.78 Å². The molecule has 1 fully saturated rings. The number of amides is 2. The highest BCUT2D eigenvalue weighted by molar-refractivity contribution is 5.94. The number of Topliss-reactive ketones (excluding diaryl/α,β-unsaturated/α-hetero) is 1. The van der Waals surface area contributed by atoms with Crippen LogP contribution in [0.3, 0.4) is 0 Å². The number of hydrogen-bond donors (Lipinski definition) is 1. The van der Waals surface area contributed by atoms with Gasteiger partial charge in [0, 0.05) is 18.8 Å². The third-order valence-corrected chi connectivity index (χ3v) is 5.40. The molecule has 2 atom stereocenters. The lowest BCUT2D eigenvalue weighted by molar-refractivity contribution is -0.158. The number of hydrazone groups is 1. The van der Waals surface area contributed by atoms with E-state index in [9.17, 15) is 19.6 Å². The Hall–Kier alpha value is -2.68. The van der Waals surface area contributed by atoms with Gasteiger partial charge in [0.1, 0.15) is 12.4 Å². The minimum Gasteiger partial charge on any atom is -0.297 e. The molecule has 0 radical (unpaired) electrons. The lowest BCUT2D eigenvalue weighted by Gasteiger charge is -2.28. The van der Waals surface area contributed by atoms with Gasteiger partial charge in [-0.15, -0.1) is 0 Å². The van der Waals surface area contributed by atoms with E-state index >= 15 is 0 Å². The van der Waals surface area contributed by atoms with Crippen molar-refractivity contribution >= 4 is 24.3 Å². The number of ketones is 1. The predicted molar refractivity (Wildman–Crippen MR) is 99.1 cm³/mol. The first-order valence-electron chi connectivity index (χ1n) is 9.62. The van der Waals surface area contributed by atoms with E-state index in [1.807, 2.05) is 0 Å². The minimum absolute atomic E-state index is 0.0914. The molecule has 3 rings (SSSR count). The first kappa shape index (κ1) is 20.1.